The van der Waals surface area contributed by atoms with Crippen LogP contribution in [0.15, 0.2) is 91.1 Å². The highest BCUT2D eigenvalue weighted by Gasteiger charge is 2.23. The van der Waals surface area contributed by atoms with Crippen LogP contribution in [0.4, 0.5) is 10.1 Å². The lowest BCUT2D eigenvalue weighted by Crippen LogP contribution is -2.09. The third kappa shape index (κ3) is 4.43. The van der Waals surface area contributed by atoms with Gasteiger partial charge in [-0.1, -0.05) is 30.3 Å². The molecule has 0 spiro atoms. The second kappa shape index (κ2) is 9.15. The number of allylic oxidation sites excluding steroid dienone is 1. The Hall–Kier alpha value is -4.43. The van der Waals surface area contributed by atoms with E-state index in [1.807, 2.05) is 49.4 Å². The van der Waals surface area contributed by atoms with Gasteiger partial charge in [0.15, 0.2) is 0 Å². The van der Waals surface area contributed by atoms with Gasteiger partial charge in [-0.05, 0) is 89.4 Å². The number of hydrogen-bond acceptors (Lipinski definition) is 4. The number of ether oxygens (including phenoxy) is 1. The van der Waals surface area contributed by atoms with E-state index in [0.29, 0.717) is 12.3 Å². The van der Waals surface area contributed by atoms with E-state index in [4.69, 9.17) is 4.74 Å². The molecule has 1 aliphatic heterocycles. The van der Waals surface area contributed by atoms with E-state index in [1.165, 1.54) is 12.1 Å². The Kier molecular flexibility index (Phi) is 5.76. The van der Waals surface area contributed by atoms with Gasteiger partial charge in [0.1, 0.15) is 18.2 Å². The van der Waals surface area contributed by atoms with Gasteiger partial charge in [-0.25, -0.2) is 17.5 Å². The van der Waals surface area contributed by atoms with E-state index in [0.717, 1.165) is 62.0 Å². The molecular formula is C30H24FN3O3S. The van der Waals surface area contributed by atoms with Gasteiger partial charge in [-0.3, -0.25) is 4.72 Å². The highest BCUT2D eigenvalue weighted by Crippen LogP contribution is 2.42. The van der Waals surface area contributed by atoms with Crippen LogP contribution in [0.3, 0.4) is 0 Å². The maximum absolute atomic E-state index is 13.5. The number of benzene rings is 4. The third-order valence-electron chi connectivity index (χ3n) is 6.65. The molecule has 1 aliphatic rings. The Balaban J connectivity index is 1.57. The second-order valence-electron chi connectivity index (χ2n) is 9.34. The Bertz CT molecular complexity index is 1840. The van der Waals surface area contributed by atoms with Crippen LogP contribution in [0.2, 0.25) is 0 Å². The zero-order chi connectivity index (χ0) is 26.4. The fraction of sp³-hybridized carbons (Fsp3) is 0.100. The Morgan fingerprint density at radius 1 is 0.974 bits per heavy atom. The largest absolute Gasteiger partial charge is 0.488 e. The molecule has 0 unspecified atom stereocenters. The average molecular weight is 526 g/mol. The number of fused-ring (bicyclic) bond motifs is 3. The van der Waals surface area contributed by atoms with Crippen LogP contribution in [0.5, 0.6) is 5.75 Å². The molecule has 190 valence electrons. The summed E-state index contributed by atoms with van der Waals surface area (Å²) >= 11 is 0. The maximum Gasteiger partial charge on any atom is 0.229 e. The highest BCUT2D eigenvalue weighted by molar-refractivity contribution is 7.92. The number of nitrogens with one attached hydrogen (secondary N) is 1. The zero-order valence-electron chi connectivity index (χ0n) is 20.8. The predicted octanol–water partition coefficient (Wildman–Crippen LogP) is 6.41. The van der Waals surface area contributed by atoms with Gasteiger partial charge in [0.25, 0.3) is 0 Å². The minimum Gasteiger partial charge on any atom is -0.488 e. The van der Waals surface area contributed by atoms with E-state index in [2.05, 4.69) is 22.0 Å². The lowest BCUT2D eigenvalue weighted by molar-refractivity contribution is 0.307. The molecule has 1 N–H and O–H groups in total. The summed E-state index contributed by atoms with van der Waals surface area (Å²) in [7, 11) is -3.41. The van der Waals surface area contributed by atoms with Crippen molar-refractivity contribution >= 4 is 37.8 Å². The molecule has 0 fully saturated rings. The summed E-state index contributed by atoms with van der Waals surface area (Å²) in [6, 6.07) is 25.7. The van der Waals surface area contributed by atoms with Gasteiger partial charge in [-0.2, -0.15) is 5.10 Å². The van der Waals surface area contributed by atoms with Crippen molar-refractivity contribution in [3.05, 3.63) is 119 Å². The molecule has 1 aromatic heterocycles. The lowest BCUT2D eigenvalue weighted by atomic mass is 9.87. The number of hydrogen-bond donors (Lipinski definition) is 1. The molecule has 0 bridgehead atoms. The first kappa shape index (κ1) is 23.9. The summed E-state index contributed by atoms with van der Waals surface area (Å²) in [5.74, 6) is 0.471. The normalized spacial score (nSPS) is 14.3. The molecule has 6 rings (SSSR count). The van der Waals surface area contributed by atoms with Gasteiger partial charge in [-0.15, -0.1) is 0 Å². The van der Waals surface area contributed by atoms with Crippen LogP contribution in [-0.4, -0.2) is 24.5 Å². The molecular weight excluding hydrogens is 501 g/mol. The van der Waals surface area contributed by atoms with Gasteiger partial charge in [0, 0.05) is 16.6 Å². The molecule has 4 aromatic carbocycles. The lowest BCUT2D eigenvalue weighted by Gasteiger charge is -2.16. The number of halogens is 1. The third-order valence-corrected chi connectivity index (χ3v) is 7.25. The van der Waals surface area contributed by atoms with Crippen LogP contribution in [-0.2, 0) is 16.6 Å². The Labute approximate surface area is 220 Å². The molecule has 0 amide bonds. The first-order chi connectivity index (χ1) is 18.3. The SMILES string of the molecule is C/C(=C1/c2cc3cnn(-c4ccc(F)cc4)c3cc2COc2ccccc21)c1cccc(NS(C)(=O)=O)c1. The average Bonchev–Trinajstić information content (AvgIpc) is 3.22. The van der Waals surface area contributed by atoms with Crippen molar-refractivity contribution in [1.82, 2.24) is 9.78 Å². The van der Waals surface area contributed by atoms with Crippen molar-refractivity contribution in [2.24, 2.45) is 0 Å². The number of aromatic nitrogens is 2. The van der Waals surface area contributed by atoms with Crippen LogP contribution in [0, 0.1) is 5.82 Å². The van der Waals surface area contributed by atoms with Crippen molar-refractivity contribution in [3.8, 4) is 11.4 Å². The van der Waals surface area contributed by atoms with Gasteiger partial charge in [0.2, 0.25) is 10.0 Å². The molecule has 0 aliphatic carbocycles. The topological polar surface area (TPSA) is 73.2 Å². The number of anilines is 1. The van der Waals surface area contributed by atoms with E-state index >= 15 is 0 Å². The van der Waals surface area contributed by atoms with E-state index in [-0.39, 0.29) is 5.82 Å². The van der Waals surface area contributed by atoms with Crippen molar-refractivity contribution in [3.63, 3.8) is 0 Å². The Morgan fingerprint density at radius 3 is 2.55 bits per heavy atom. The zero-order valence-corrected chi connectivity index (χ0v) is 21.6. The molecule has 2 heterocycles. The fourth-order valence-corrected chi connectivity index (χ4v) is 5.49. The van der Waals surface area contributed by atoms with Gasteiger partial charge >= 0.3 is 0 Å². The van der Waals surface area contributed by atoms with Crippen molar-refractivity contribution in [2.75, 3.05) is 11.0 Å². The van der Waals surface area contributed by atoms with E-state index in [9.17, 15) is 12.8 Å². The first-order valence-corrected chi connectivity index (χ1v) is 13.9. The monoisotopic (exact) mass is 525 g/mol. The molecule has 0 saturated carbocycles. The van der Waals surface area contributed by atoms with Crippen molar-refractivity contribution in [1.29, 1.82) is 0 Å². The molecule has 8 heteroatoms. The fourth-order valence-electron chi connectivity index (χ4n) is 4.94. The molecule has 6 nitrogen and oxygen atoms in total. The molecule has 0 saturated heterocycles. The summed E-state index contributed by atoms with van der Waals surface area (Å²) in [6.45, 7) is 2.40. The smallest absolute Gasteiger partial charge is 0.229 e. The van der Waals surface area contributed by atoms with Crippen LogP contribution in [0.1, 0.15) is 29.2 Å². The number of sulfonamides is 1. The standard InChI is InChI=1S/C30H24FN3O3S/c1-19(20-6-5-7-24(14-20)33-38(2,35)36)30-26-8-3-4-9-29(26)37-18-22-16-28-21(15-27(22)30)17-32-34(28)25-12-10-23(31)11-13-25/h3-17,33H,18H2,1-2H3/b30-19-. The summed E-state index contributed by atoms with van der Waals surface area (Å²) in [5, 5.41) is 5.52. The van der Waals surface area contributed by atoms with E-state index in [1.54, 1.807) is 29.1 Å². The van der Waals surface area contributed by atoms with E-state index < -0.39 is 10.0 Å². The molecule has 0 radical (unpaired) electrons. The summed E-state index contributed by atoms with van der Waals surface area (Å²) in [6.07, 6.45) is 2.94. The van der Waals surface area contributed by atoms with Gasteiger partial charge < -0.3 is 4.74 Å². The number of nitrogens with zero attached hydrogens (tertiary/aromatic N) is 2. The number of rotatable bonds is 4. The molecule has 0 atom stereocenters. The number of para-hydroxylation sites is 1. The van der Waals surface area contributed by atoms with Crippen LogP contribution < -0.4 is 9.46 Å². The summed E-state index contributed by atoms with van der Waals surface area (Å²) in [4.78, 5) is 0. The van der Waals surface area contributed by atoms with Crippen LogP contribution in [0.25, 0.3) is 27.7 Å². The minimum atomic E-state index is -3.41. The van der Waals surface area contributed by atoms with Crippen molar-refractivity contribution < 1.29 is 17.5 Å². The summed E-state index contributed by atoms with van der Waals surface area (Å²) in [5.41, 5.74) is 7.97. The quantitative estimate of drug-likeness (QED) is 0.294. The minimum absolute atomic E-state index is 0.300. The highest BCUT2D eigenvalue weighted by atomic mass is 32.2. The van der Waals surface area contributed by atoms with Gasteiger partial charge in [0.05, 0.1) is 23.7 Å². The molecule has 5 aromatic rings. The second-order valence-corrected chi connectivity index (χ2v) is 11.1. The van der Waals surface area contributed by atoms with Crippen LogP contribution >= 0.6 is 0 Å². The summed E-state index contributed by atoms with van der Waals surface area (Å²) < 4.78 is 47.8. The predicted molar refractivity (Wildman–Crippen MR) is 148 cm³/mol. The maximum atomic E-state index is 13.5. The first-order valence-electron chi connectivity index (χ1n) is 12.0. The Morgan fingerprint density at radius 2 is 1.76 bits per heavy atom. The van der Waals surface area contributed by atoms with Crippen molar-refractivity contribution in [2.45, 2.75) is 13.5 Å². The molecule has 38 heavy (non-hydrogen) atoms.